The van der Waals surface area contributed by atoms with Crippen LogP contribution in [0.2, 0.25) is 0 Å². The highest BCUT2D eigenvalue weighted by atomic mass is 16.5. The third-order valence-corrected chi connectivity index (χ3v) is 1.93. The monoisotopic (exact) mass is 211 g/mol. The molecule has 1 N–H and O–H groups in total. The zero-order chi connectivity index (χ0) is 11.1. The lowest BCUT2D eigenvalue weighted by Gasteiger charge is -2.11. The van der Waals surface area contributed by atoms with E-state index in [2.05, 4.69) is 22.2 Å². The van der Waals surface area contributed by atoms with E-state index in [9.17, 15) is 0 Å². The lowest BCUT2D eigenvalue weighted by atomic mass is 10.2. The summed E-state index contributed by atoms with van der Waals surface area (Å²) in [6.45, 7) is 3.65. The van der Waals surface area contributed by atoms with Gasteiger partial charge in [-0.25, -0.2) is 9.97 Å². The van der Waals surface area contributed by atoms with Gasteiger partial charge < -0.3 is 14.8 Å². The van der Waals surface area contributed by atoms with E-state index < -0.39 is 0 Å². The predicted molar refractivity (Wildman–Crippen MR) is 58.1 cm³/mol. The molecule has 0 aliphatic carbocycles. The standard InChI is InChI=1S/C10H17N3O2/c1-8(6-14-2)5-11-9-4-10(15-3)13-7-12-9/h4,7-8H,5-6H2,1-3H3,(H,11,12,13). The average Bonchev–Trinajstić information content (AvgIpc) is 2.27. The van der Waals surface area contributed by atoms with Crippen LogP contribution in [0.25, 0.3) is 0 Å². The summed E-state index contributed by atoms with van der Waals surface area (Å²) >= 11 is 0. The summed E-state index contributed by atoms with van der Waals surface area (Å²) < 4.78 is 10.0. The Labute approximate surface area is 89.8 Å². The maximum atomic E-state index is 5.04. The Kier molecular flexibility index (Phi) is 4.83. The molecule has 1 aromatic heterocycles. The van der Waals surface area contributed by atoms with Gasteiger partial charge in [-0.05, 0) is 5.92 Å². The van der Waals surface area contributed by atoms with Crippen molar-refractivity contribution in [2.24, 2.45) is 5.92 Å². The molecule has 5 nitrogen and oxygen atoms in total. The van der Waals surface area contributed by atoms with E-state index in [4.69, 9.17) is 9.47 Å². The Bertz CT molecular complexity index is 294. The summed E-state index contributed by atoms with van der Waals surface area (Å²) in [6, 6.07) is 1.76. The van der Waals surface area contributed by atoms with Gasteiger partial charge in [-0.15, -0.1) is 0 Å². The van der Waals surface area contributed by atoms with Gasteiger partial charge in [-0.2, -0.15) is 0 Å². The second-order valence-corrected chi connectivity index (χ2v) is 3.39. The average molecular weight is 211 g/mol. The van der Waals surface area contributed by atoms with Crippen LogP contribution in [0.4, 0.5) is 5.82 Å². The van der Waals surface area contributed by atoms with Crippen LogP contribution in [-0.2, 0) is 4.74 Å². The van der Waals surface area contributed by atoms with Crippen LogP contribution in [0.5, 0.6) is 5.88 Å². The molecule has 1 heterocycles. The second kappa shape index (κ2) is 6.19. The Morgan fingerprint density at radius 1 is 1.40 bits per heavy atom. The van der Waals surface area contributed by atoms with Crippen molar-refractivity contribution in [2.45, 2.75) is 6.92 Å². The molecule has 0 aliphatic rings. The van der Waals surface area contributed by atoms with Gasteiger partial charge in [0.1, 0.15) is 12.1 Å². The van der Waals surface area contributed by atoms with Crippen molar-refractivity contribution in [1.29, 1.82) is 0 Å². The number of aromatic nitrogens is 2. The smallest absolute Gasteiger partial charge is 0.218 e. The van der Waals surface area contributed by atoms with E-state index in [1.807, 2.05) is 0 Å². The van der Waals surface area contributed by atoms with Crippen molar-refractivity contribution in [3.8, 4) is 5.88 Å². The molecular formula is C10H17N3O2. The fourth-order valence-electron chi connectivity index (χ4n) is 1.17. The van der Waals surface area contributed by atoms with E-state index in [1.54, 1.807) is 20.3 Å². The van der Waals surface area contributed by atoms with Crippen molar-refractivity contribution in [2.75, 3.05) is 32.7 Å². The highest BCUT2D eigenvalue weighted by molar-refractivity contribution is 5.36. The number of hydrogen-bond acceptors (Lipinski definition) is 5. The Balaban J connectivity index is 2.43. The van der Waals surface area contributed by atoms with Crippen LogP contribution in [0.1, 0.15) is 6.92 Å². The fraction of sp³-hybridized carbons (Fsp3) is 0.600. The van der Waals surface area contributed by atoms with Gasteiger partial charge in [0, 0.05) is 19.7 Å². The Morgan fingerprint density at radius 2 is 2.20 bits per heavy atom. The maximum absolute atomic E-state index is 5.04. The molecule has 0 spiro atoms. The summed E-state index contributed by atoms with van der Waals surface area (Å²) in [6.07, 6.45) is 1.47. The molecule has 1 atom stereocenters. The molecule has 0 saturated heterocycles. The molecule has 0 aromatic carbocycles. The highest BCUT2D eigenvalue weighted by Crippen LogP contribution is 2.10. The molecule has 15 heavy (non-hydrogen) atoms. The molecule has 0 fully saturated rings. The molecule has 5 heteroatoms. The van der Waals surface area contributed by atoms with Crippen molar-refractivity contribution in [3.63, 3.8) is 0 Å². The summed E-state index contributed by atoms with van der Waals surface area (Å²) in [5, 5.41) is 3.19. The molecule has 1 aromatic rings. The van der Waals surface area contributed by atoms with Gasteiger partial charge >= 0.3 is 0 Å². The van der Waals surface area contributed by atoms with Gasteiger partial charge in [0.15, 0.2) is 0 Å². The number of nitrogens with zero attached hydrogens (tertiary/aromatic N) is 2. The van der Waals surface area contributed by atoms with Gasteiger partial charge in [0.05, 0.1) is 13.7 Å². The molecule has 0 bridgehead atoms. The summed E-state index contributed by atoms with van der Waals surface area (Å²) in [7, 11) is 3.28. The molecule has 84 valence electrons. The van der Waals surface area contributed by atoms with Crippen LogP contribution in [-0.4, -0.2) is 37.3 Å². The first-order chi connectivity index (χ1) is 7.26. The largest absolute Gasteiger partial charge is 0.481 e. The molecule has 0 saturated carbocycles. The number of nitrogens with one attached hydrogen (secondary N) is 1. The first-order valence-electron chi connectivity index (χ1n) is 4.85. The molecule has 1 unspecified atom stereocenters. The number of hydrogen-bond donors (Lipinski definition) is 1. The van der Waals surface area contributed by atoms with Crippen molar-refractivity contribution >= 4 is 5.82 Å². The van der Waals surface area contributed by atoms with E-state index in [0.717, 1.165) is 19.0 Å². The lowest BCUT2D eigenvalue weighted by Crippen LogP contribution is -2.16. The Morgan fingerprint density at radius 3 is 2.87 bits per heavy atom. The summed E-state index contributed by atoms with van der Waals surface area (Å²) in [5.41, 5.74) is 0. The van der Waals surface area contributed by atoms with Crippen LogP contribution in [0.3, 0.4) is 0 Å². The second-order valence-electron chi connectivity index (χ2n) is 3.39. The van der Waals surface area contributed by atoms with Gasteiger partial charge in [0.25, 0.3) is 0 Å². The van der Waals surface area contributed by atoms with Crippen LogP contribution < -0.4 is 10.1 Å². The Hall–Kier alpha value is -1.36. The minimum absolute atomic E-state index is 0.441. The summed E-state index contributed by atoms with van der Waals surface area (Å²) in [4.78, 5) is 8.00. The van der Waals surface area contributed by atoms with E-state index in [1.165, 1.54) is 6.33 Å². The minimum Gasteiger partial charge on any atom is -0.481 e. The van der Waals surface area contributed by atoms with Crippen LogP contribution in [0, 0.1) is 5.92 Å². The highest BCUT2D eigenvalue weighted by Gasteiger charge is 2.02. The van der Waals surface area contributed by atoms with Crippen LogP contribution in [0.15, 0.2) is 12.4 Å². The topological polar surface area (TPSA) is 56.3 Å². The number of anilines is 1. The fourth-order valence-corrected chi connectivity index (χ4v) is 1.17. The first kappa shape index (κ1) is 11.7. The number of ether oxygens (including phenoxy) is 2. The predicted octanol–water partition coefficient (Wildman–Crippen LogP) is 1.18. The lowest BCUT2D eigenvalue weighted by molar-refractivity contribution is 0.164. The molecule has 0 amide bonds. The van der Waals surface area contributed by atoms with Gasteiger partial charge in [-0.1, -0.05) is 6.92 Å². The van der Waals surface area contributed by atoms with E-state index >= 15 is 0 Å². The molecular weight excluding hydrogens is 194 g/mol. The zero-order valence-corrected chi connectivity index (χ0v) is 9.36. The summed E-state index contributed by atoms with van der Waals surface area (Å²) in [5.74, 6) is 1.77. The number of methoxy groups -OCH3 is 2. The molecule has 0 radical (unpaired) electrons. The number of rotatable bonds is 6. The van der Waals surface area contributed by atoms with Crippen molar-refractivity contribution in [1.82, 2.24) is 9.97 Å². The van der Waals surface area contributed by atoms with E-state index in [0.29, 0.717) is 11.8 Å². The maximum Gasteiger partial charge on any atom is 0.218 e. The molecule has 0 aliphatic heterocycles. The minimum atomic E-state index is 0.441. The van der Waals surface area contributed by atoms with Crippen molar-refractivity contribution in [3.05, 3.63) is 12.4 Å². The SMILES string of the molecule is COCC(C)CNc1cc(OC)ncn1. The van der Waals surface area contributed by atoms with Gasteiger partial charge in [0.2, 0.25) is 5.88 Å². The van der Waals surface area contributed by atoms with Crippen LogP contribution >= 0.6 is 0 Å². The third kappa shape index (κ3) is 4.12. The zero-order valence-electron chi connectivity index (χ0n) is 9.36. The first-order valence-corrected chi connectivity index (χ1v) is 4.85. The quantitative estimate of drug-likeness (QED) is 0.765. The molecule has 1 rings (SSSR count). The van der Waals surface area contributed by atoms with E-state index in [-0.39, 0.29) is 0 Å². The normalized spacial score (nSPS) is 12.2. The van der Waals surface area contributed by atoms with Crippen molar-refractivity contribution < 1.29 is 9.47 Å². The third-order valence-electron chi connectivity index (χ3n) is 1.93. The van der Waals surface area contributed by atoms with Gasteiger partial charge in [-0.3, -0.25) is 0 Å².